The highest BCUT2D eigenvalue weighted by Crippen LogP contribution is 2.30. The Balaban J connectivity index is 1.88. The van der Waals surface area contributed by atoms with E-state index in [0.29, 0.717) is 22.8 Å². The number of hydrogen-bond acceptors (Lipinski definition) is 4. The zero-order valence-corrected chi connectivity index (χ0v) is 18.1. The van der Waals surface area contributed by atoms with E-state index in [4.69, 9.17) is 4.74 Å². The molecular weight excluding hydrogens is 389 g/mol. The summed E-state index contributed by atoms with van der Waals surface area (Å²) in [5.41, 5.74) is 1.27. The van der Waals surface area contributed by atoms with Crippen molar-refractivity contribution in [2.45, 2.75) is 26.4 Å². The van der Waals surface area contributed by atoms with E-state index in [1.165, 1.54) is 28.4 Å². The summed E-state index contributed by atoms with van der Waals surface area (Å²) in [5.74, 6) is 0.312. The van der Waals surface area contributed by atoms with Gasteiger partial charge in [0.15, 0.2) is 5.13 Å². The third kappa shape index (κ3) is 5.52. The number of quaternary nitrogens is 1. The van der Waals surface area contributed by atoms with Gasteiger partial charge < -0.3 is 9.64 Å². The molecule has 0 radical (unpaired) electrons. The van der Waals surface area contributed by atoms with Crippen LogP contribution in [0.3, 0.4) is 0 Å². The first-order valence-corrected chi connectivity index (χ1v) is 10.6. The van der Waals surface area contributed by atoms with Crippen LogP contribution in [-0.2, 0) is 0 Å². The van der Waals surface area contributed by atoms with Crippen LogP contribution >= 0.6 is 11.3 Å². The number of fused-ring (bicyclic) bond motifs is 1. The molecule has 0 bridgehead atoms. The number of ether oxygens (including phenoxy) is 1. The molecule has 0 aliphatic rings. The summed E-state index contributed by atoms with van der Waals surface area (Å²) < 4.78 is 20.0. The summed E-state index contributed by atoms with van der Waals surface area (Å²) in [6.07, 6.45) is 0.914. The van der Waals surface area contributed by atoms with Crippen LogP contribution in [0.4, 0.5) is 9.52 Å². The van der Waals surface area contributed by atoms with Crippen LogP contribution in [-0.4, -0.2) is 44.2 Å². The Bertz CT molecular complexity index is 970. The zero-order valence-electron chi connectivity index (χ0n) is 17.2. The molecule has 0 saturated heterocycles. The topological polar surface area (TPSA) is 46.9 Å². The number of carbonyl (C=O) groups excluding carboxylic acids is 1. The molecule has 0 unspecified atom stereocenters. The number of aromatic nitrogens is 1. The average Bonchev–Trinajstić information content (AvgIpc) is 3.07. The second-order valence-electron chi connectivity index (χ2n) is 7.57. The highest BCUT2D eigenvalue weighted by Gasteiger charge is 2.22. The lowest BCUT2D eigenvalue weighted by molar-refractivity contribution is -0.858. The monoisotopic (exact) mass is 416 g/mol. The van der Waals surface area contributed by atoms with Gasteiger partial charge in [0, 0.05) is 18.5 Å². The van der Waals surface area contributed by atoms with Gasteiger partial charge in [-0.1, -0.05) is 11.3 Å². The van der Waals surface area contributed by atoms with Gasteiger partial charge in [0.2, 0.25) is 0 Å². The number of amides is 1. The number of hydrogen-bond donors (Lipinski definition) is 1. The molecule has 1 N–H and O–H groups in total. The summed E-state index contributed by atoms with van der Waals surface area (Å²) in [6.45, 7) is 5.41. The molecule has 154 valence electrons. The lowest BCUT2D eigenvalue weighted by Gasteiger charge is -2.20. The van der Waals surface area contributed by atoms with Crippen LogP contribution < -0.4 is 14.5 Å². The van der Waals surface area contributed by atoms with Gasteiger partial charge in [0.05, 0.1) is 37.0 Å². The summed E-state index contributed by atoms with van der Waals surface area (Å²) in [5, 5.41) is 0.590. The van der Waals surface area contributed by atoms with Crippen LogP contribution in [0.5, 0.6) is 5.75 Å². The van der Waals surface area contributed by atoms with Crippen molar-refractivity contribution in [3.63, 3.8) is 0 Å². The molecule has 2 aromatic carbocycles. The maximum absolute atomic E-state index is 13.6. The van der Waals surface area contributed by atoms with Crippen LogP contribution in [0.25, 0.3) is 10.2 Å². The van der Waals surface area contributed by atoms with E-state index < -0.39 is 0 Å². The molecule has 1 amide bonds. The summed E-state index contributed by atoms with van der Waals surface area (Å²) in [6, 6.07) is 11.7. The minimum Gasteiger partial charge on any atom is -0.491 e. The van der Waals surface area contributed by atoms with Gasteiger partial charge in [-0.2, -0.15) is 0 Å². The molecule has 0 spiro atoms. The average molecular weight is 417 g/mol. The number of rotatable bonds is 8. The van der Waals surface area contributed by atoms with E-state index in [1.807, 2.05) is 26.0 Å². The molecule has 0 atom stereocenters. The largest absolute Gasteiger partial charge is 0.491 e. The first-order valence-electron chi connectivity index (χ1n) is 9.77. The van der Waals surface area contributed by atoms with Crippen LogP contribution in [0.2, 0.25) is 0 Å². The molecule has 0 aliphatic carbocycles. The standard InChI is InChI=1S/C22H26FN3O2S/c1-15(2)28-18-9-6-16(7-10-18)21(27)26(13-5-12-25(3)4)22-24-19-11-8-17(23)14-20(19)29-22/h6-11,14-15H,5,12-13H2,1-4H3/p+1. The molecular formula is C22H27FN3O2S+. The molecule has 0 aliphatic heterocycles. The van der Waals surface area contributed by atoms with Crippen molar-refractivity contribution in [3.8, 4) is 5.75 Å². The first kappa shape index (κ1) is 21.2. The normalized spacial score (nSPS) is 11.4. The third-order valence-electron chi connectivity index (χ3n) is 4.35. The Morgan fingerprint density at radius 2 is 1.93 bits per heavy atom. The lowest BCUT2D eigenvalue weighted by Crippen LogP contribution is -3.05. The van der Waals surface area contributed by atoms with Gasteiger partial charge in [-0.25, -0.2) is 9.37 Å². The van der Waals surface area contributed by atoms with Gasteiger partial charge >= 0.3 is 0 Å². The Hall–Kier alpha value is -2.51. The van der Waals surface area contributed by atoms with E-state index in [0.717, 1.165) is 23.4 Å². The smallest absolute Gasteiger partial charge is 0.260 e. The van der Waals surface area contributed by atoms with E-state index in [9.17, 15) is 9.18 Å². The quantitative estimate of drug-likeness (QED) is 0.612. The number of halogens is 1. The van der Waals surface area contributed by atoms with E-state index in [-0.39, 0.29) is 17.8 Å². The fourth-order valence-electron chi connectivity index (χ4n) is 2.98. The summed E-state index contributed by atoms with van der Waals surface area (Å²) in [4.78, 5) is 20.9. The number of nitrogens with one attached hydrogen (secondary N) is 1. The Morgan fingerprint density at radius 3 is 2.59 bits per heavy atom. The van der Waals surface area contributed by atoms with Crippen LogP contribution in [0, 0.1) is 5.82 Å². The number of nitrogens with zero attached hydrogens (tertiary/aromatic N) is 2. The van der Waals surface area contributed by atoms with Crippen molar-refractivity contribution in [2.75, 3.05) is 32.1 Å². The predicted octanol–water partition coefficient (Wildman–Crippen LogP) is 3.40. The van der Waals surface area contributed by atoms with E-state index in [2.05, 4.69) is 19.1 Å². The van der Waals surface area contributed by atoms with Crippen LogP contribution in [0.1, 0.15) is 30.6 Å². The maximum Gasteiger partial charge on any atom is 0.260 e. The Kier molecular flexibility index (Phi) is 6.82. The van der Waals surface area contributed by atoms with Crippen molar-refractivity contribution in [3.05, 3.63) is 53.8 Å². The minimum absolute atomic E-state index is 0.0738. The van der Waals surface area contributed by atoms with Crippen molar-refractivity contribution in [1.29, 1.82) is 0 Å². The highest BCUT2D eigenvalue weighted by atomic mass is 32.1. The van der Waals surface area contributed by atoms with Gasteiger partial charge in [-0.05, 0) is 56.3 Å². The fraction of sp³-hybridized carbons (Fsp3) is 0.364. The SMILES string of the molecule is CC(C)Oc1ccc(C(=O)N(CCC[NH+](C)C)c2nc3ccc(F)cc3s2)cc1. The third-order valence-corrected chi connectivity index (χ3v) is 5.39. The molecule has 29 heavy (non-hydrogen) atoms. The molecule has 3 rings (SSSR count). The molecule has 5 nitrogen and oxygen atoms in total. The molecule has 0 fully saturated rings. The van der Waals surface area contributed by atoms with E-state index >= 15 is 0 Å². The summed E-state index contributed by atoms with van der Waals surface area (Å²) in [7, 11) is 4.17. The molecule has 7 heteroatoms. The second-order valence-corrected chi connectivity index (χ2v) is 8.58. The Labute approximate surface area is 174 Å². The zero-order chi connectivity index (χ0) is 21.0. The van der Waals surface area contributed by atoms with Crippen LogP contribution in [0.15, 0.2) is 42.5 Å². The lowest BCUT2D eigenvalue weighted by atomic mass is 10.2. The maximum atomic E-state index is 13.6. The van der Waals surface area contributed by atoms with Gasteiger partial charge in [0.1, 0.15) is 11.6 Å². The molecule has 3 aromatic rings. The number of thiazole rings is 1. The van der Waals surface area contributed by atoms with Crippen molar-refractivity contribution < 1.29 is 18.8 Å². The number of anilines is 1. The summed E-state index contributed by atoms with van der Waals surface area (Å²) >= 11 is 1.34. The predicted molar refractivity (Wildman–Crippen MR) is 116 cm³/mol. The van der Waals surface area contributed by atoms with Gasteiger partial charge in [0.25, 0.3) is 5.91 Å². The highest BCUT2D eigenvalue weighted by molar-refractivity contribution is 7.22. The van der Waals surface area contributed by atoms with E-state index in [1.54, 1.807) is 23.1 Å². The van der Waals surface area contributed by atoms with Crippen molar-refractivity contribution >= 4 is 32.6 Å². The van der Waals surface area contributed by atoms with Crippen molar-refractivity contribution in [1.82, 2.24) is 4.98 Å². The fourth-order valence-corrected chi connectivity index (χ4v) is 4.00. The minimum atomic E-state index is -0.303. The van der Waals surface area contributed by atoms with Gasteiger partial charge in [-0.15, -0.1) is 0 Å². The van der Waals surface area contributed by atoms with Gasteiger partial charge in [-0.3, -0.25) is 9.69 Å². The molecule has 1 aromatic heterocycles. The number of benzene rings is 2. The first-order chi connectivity index (χ1) is 13.8. The van der Waals surface area contributed by atoms with Crippen molar-refractivity contribution in [2.24, 2.45) is 0 Å². The molecule has 0 saturated carbocycles. The Morgan fingerprint density at radius 1 is 1.21 bits per heavy atom. The number of carbonyl (C=O) groups is 1. The molecule has 1 heterocycles. The second kappa shape index (κ2) is 9.33.